The summed E-state index contributed by atoms with van der Waals surface area (Å²) in [5, 5.41) is 1.89. The van der Waals surface area contributed by atoms with E-state index in [4.69, 9.17) is 11.6 Å². The molecule has 2 amide bonds. The highest BCUT2D eigenvalue weighted by Crippen LogP contribution is 2.20. The maximum absolute atomic E-state index is 13.0. The quantitative estimate of drug-likeness (QED) is 0.643. The third kappa shape index (κ3) is 4.96. The Kier molecular flexibility index (Phi) is 6.24. The summed E-state index contributed by atoms with van der Waals surface area (Å²) in [6, 6.07) is 1.21. The van der Waals surface area contributed by atoms with Crippen LogP contribution in [0.4, 0.5) is 8.78 Å². The second-order valence-electron chi connectivity index (χ2n) is 4.39. The van der Waals surface area contributed by atoms with Crippen molar-refractivity contribution in [3.05, 3.63) is 34.4 Å². The summed E-state index contributed by atoms with van der Waals surface area (Å²) >= 11 is 5.59. The fourth-order valence-electron chi connectivity index (χ4n) is 1.27. The summed E-state index contributed by atoms with van der Waals surface area (Å²) in [7, 11) is 3.03. The van der Waals surface area contributed by atoms with Crippen molar-refractivity contribution in [3.63, 3.8) is 0 Å². The number of halogens is 3. The predicted molar refractivity (Wildman–Crippen MR) is 73.4 cm³/mol. The second-order valence-corrected chi connectivity index (χ2v) is 4.79. The van der Waals surface area contributed by atoms with Gasteiger partial charge in [-0.15, -0.1) is 0 Å². The molecule has 0 saturated heterocycles. The van der Waals surface area contributed by atoms with Gasteiger partial charge in [-0.05, 0) is 12.1 Å². The zero-order valence-electron chi connectivity index (χ0n) is 11.8. The Morgan fingerprint density at radius 1 is 1.23 bits per heavy atom. The molecule has 120 valence electrons. The van der Waals surface area contributed by atoms with Crippen LogP contribution in [0, 0.1) is 11.6 Å². The standard InChI is InChI=1S/C13H13ClF2N2O4/c1-18(2)12(20)5-17-11(19)6-22-13(21)7-3-9(15)10(16)4-8(7)14/h3-4H,5-6H2,1-2H3,(H,17,19). The van der Waals surface area contributed by atoms with Crippen molar-refractivity contribution in [1.82, 2.24) is 10.2 Å². The van der Waals surface area contributed by atoms with Gasteiger partial charge in [0.1, 0.15) is 0 Å². The van der Waals surface area contributed by atoms with Gasteiger partial charge in [0.25, 0.3) is 5.91 Å². The molecule has 0 spiro atoms. The Morgan fingerprint density at radius 3 is 2.41 bits per heavy atom. The number of amides is 2. The maximum Gasteiger partial charge on any atom is 0.340 e. The first-order valence-electron chi connectivity index (χ1n) is 6.01. The van der Waals surface area contributed by atoms with Crippen LogP contribution >= 0.6 is 11.6 Å². The van der Waals surface area contributed by atoms with Crippen molar-refractivity contribution in [2.75, 3.05) is 27.2 Å². The first-order valence-corrected chi connectivity index (χ1v) is 6.38. The average Bonchev–Trinajstić information content (AvgIpc) is 2.45. The molecule has 9 heteroatoms. The third-order valence-corrected chi connectivity index (χ3v) is 2.81. The fraction of sp³-hybridized carbons (Fsp3) is 0.308. The molecule has 0 atom stereocenters. The Balaban J connectivity index is 2.54. The van der Waals surface area contributed by atoms with E-state index in [0.29, 0.717) is 12.1 Å². The average molecular weight is 335 g/mol. The SMILES string of the molecule is CN(C)C(=O)CNC(=O)COC(=O)c1cc(F)c(F)cc1Cl. The van der Waals surface area contributed by atoms with E-state index in [-0.39, 0.29) is 17.5 Å². The van der Waals surface area contributed by atoms with Crippen LogP contribution < -0.4 is 5.32 Å². The van der Waals surface area contributed by atoms with Crippen molar-refractivity contribution in [2.45, 2.75) is 0 Å². The predicted octanol–water partition coefficient (Wildman–Crippen LogP) is 0.979. The molecule has 22 heavy (non-hydrogen) atoms. The fourth-order valence-corrected chi connectivity index (χ4v) is 1.50. The molecule has 0 unspecified atom stereocenters. The Labute approximate surface area is 130 Å². The number of nitrogens with one attached hydrogen (secondary N) is 1. The van der Waals surface area contributed by atoms with Gasteiger partial charge in [-0.25, -0.2) is 13.6 Å². The topological polar surface area (TPSA) is 75.7 Å². The number of hydrogen-bond donors (Lipinski definition) is 1. The van der Waals surface area contributed by atoms with Crippen LogP contribution in [0.5, 0.6) is 0 Å². The van der Waals surface area contributed by atoms with E-state index in [2.05, 4.69) is 10.1 Å². The zero-order chi connectivity index (χ0) is 16.9. The number of hydrogen-bond acceptors (Lipinski definition) is 4. The lowest BCUT2D eigenvalue weighted by Crippen LogP contribution is -2.38. The first kappa shape index (κ1) is 17.8. The minimum Gasteiger partial charge on any atom is -0.452 e. The summed E-state index contributed by atoms with van der Waals surface area (Å²) in [5.74, 6) is -4.62. The van der Waals surface area contributed by atoms with Crippen LogP contribution in [0.3, 0.4) is 0 Å². The normalized spacial score (nSPS) is 10.0. The molecular formula is C13H13ClF2N2O4. The summed E-state index contributed by atoms with van der Waals surface area (Å²) in [5.41, 5.74) is -0.405. The highest BCUT2D eigenvalue weighted by molar-refractivity contribution is 6.33. The molecule has 0 aliphatic heterocycles. The Bertz CT molecular complexity index is 608. The van der Waals surface area contributed by atoms with E-state index in [0.717, 1.165) is 0 Å². The maximum atomic E-state index is 13.0. The molecule has 0 aliphatic carbocycles. The summed E-state index contributed by atoms with van der Waals surface area (Å²) in [6.45, 7) is -0.940. The number of carbonyl (C=O) groups is 3. The number of nitrogens with zero attached hydrogens (tertiary/aromatic N) is 1. The Hall–Kier alpha value is -2.22. The molecule has 1 aromatic carbocycles. The molecule has 0 aromatic heterocycles. The van der Waals surface area contributed by atoms with E-state index < -0.39 is 35.7 Å². The molecule has 1 rings (SSSR count). The number of esters is 1. The molecular weight excluding hydrogens is 322 g/mol. The van der Waals surface area contributed by atoms with Gasteiger partial charge in [0, 0.05) is 14.1 Å². The molecule has 6 nitrogen and oxygen atoms in total. The first-order chi connectivity index (χ1) is 10.2. The lowest BCUT2D eigenvalue weighted by molar-refractivity contribution is -0.131. The lowest BCUT2D eigenvalue weighted by atomic mass is 10.2. The molecule has 0 heterocycles. The van der Waals surface area contributed by atoms with Gasteiger partial charge in [0.05, 0.1) is 17.1 Å². The smallest absolute Gasteiger partial charge is 0.340 e. The van der Waals surface area contributed by atoms with Gasteiger partial charge in [-0.3, -0.25) is 9.59 Å². The largest absolute Gasteiger partial charge is 0.452 e. The van der Waals surface area contributed by atoms with Gasteiger partial charge in [0.15, 0.2) is 18.2 Å². The monoisotopic (exact) mass is 334 g/mol. The van der Waals surface area contributed by atoms with Crippen molar-refractivity contribution < 1.29 is 27.9 Å². The molecule has 1 aromatic rings. The van der Waals surface area contributed by atoms with Gasteiger partial charge >= 0.3 is 5.97 Å². The van der Waals surface area contributed by atoms with Crippen LogP contribution in [0.2, 0.25) is 5.02 Å². The summed E-state index contributed by atoms with van der Waals surface area (Å²) < 4.78 is 30.5. The van der Waals surface area contributed by atoms with Crippen LogP contribution in [0.25, 0.3) is 0 Å². The molecule has 0 saturated carbocycles. The Morgan fingerprint density at radius 2 is 1.82 bits per heavy atom. The molecule has 0 bridgehead atoms. The lowest BCUT2D eigenvalue weighted by Gasteiger charge is -2.11. The number of ether oxygens (including phenoxy) is 1. The van der Waals surface area contributed by atoms with Gasteiger partial charge < -0.3 is 15.0 Å². The zero-order valence-corrected chi connectivity index (χ0v) is 12.5. The summed E-state index contributed by atoms with van der Waals surface area (Å²) in [4.78, 5) is 35.5. The van der Waals surface area contributed by atoms with Crippen molar-refractivity contribution in [2.24, 2.45) is 0 Å². The van der Waals surface area contributed by atoms with Crippen LogP contribution in [0.15, 0.2) is 12.1 Å². The van der Waals surface area contributed by atoms with E-state index in [1.54, 1.807) is 0 Å². The third-order valence-electron chi connectivity index (χ3n) is 2.50. The van der Waals surface area contributed by atoms with E-state index in [9.17, 15) is 23.2 Å². The van der Waals surface area contributed by atoms with E-state index >= 15 is 0 Å². The number of rotatable bonds is 5. The van der Waals surface area contributed by atoms with Crippen LogP contribution in [-0.4, -0.2) is 49.9 Å². The minimum absolute atomic E-state index is 0.255. The van der Waals surface area contributed by atoms with Gasteiger partial charge in [-0.2, -0.15) is 0 Å². The number of benzene rings is 1. The number of carbonyl (C=O) groups excluding carboxylic acids is 3. The number of likely N-dealkylation sites (N-methyl/N-ethyl adjacent to an activating group) is 1. The summed E-state index contributed by atoms with van der Waals surface area (Å²) in [6.07, 6.45) is 0. The van der Waals surface area contributed by atoms with E-state index in [1.165, 1.54) is 19.0 Å². The molecule has 1 N–H and O–H groups in total. The molecule has 0 fully saturated rings. The van der Waals surface area contributed by atoms with Crippen molar-refractivity contribution >= 4 is 29.4 Å². The highest BCUT2D eigenvalue weighted by atomic mass is 35.5. The van der Waals surface area contributed by atoms with Gasteiger partial charge in [-0.1, -0.05) is 11.6 Å². The minimum atomic E-state index is -1.27. The van der Waals surface area contributed by atoms with Crippen molar-refractivity contribution in [1.29, 1.82) is 0 Å². The van der Waals surface area contributed by atoms with Crippen LogP contribution in [-0.2, 0) is 14.3 Å². The second kappa shape index (κ2) is 7.69. The van der Waals surface area contributed by atoms with Crippen LogP contribution in [0.1, 0.15) is 10.4 Å². The van der Waals surface area contributed by atoms with Crippen molar-refractivity contribution in [3.8, 4) is 0 Å². The molecule has 0 radical (unpaired) electrons. The van der Waals surface area contributed by atoms with E-state index in [1.807, 2.05) is 0 Å². The molecule has 0 aliphatic rings. The highest BCUT2D eigenvalue weighted by Gasteiger charge is 2.17. The van der Waals surface area contributed by atoms with Gasteiger partial charge in [0.2, 0.25) is 5.91 Å².